The molecule has 1 unspecified atom stereocenters. The molecule has 0 aliphatic rings. The number of esters is 1. The predicted octanol–water partition coefficient (Wildman–Crippen LogP) is 4.68. The quantitative estimate of drug-likeness (QED) is 0.274. The third kappa shape index (κ3) is 6.34. The van der Waals surface area contributed by atoms with Crippen LogP contribution in [0.25, 0.3) is 0 Å². The molecule has 0 radical (unpaired) electrons. The predicted molar refractivity (Wildman–Crippen MR) is 123 cm³/mol. The highest BCUT2D eigenvalue weighted by Crippen LogP contribution is 2.24. The third-order valence-corrected chi connectivity index (χ3v) is 5.88. The average molecular weight is 452 g/mol. The second-order valence-electron chi connectivity index (χ2n) is 7.10. The molecule has 1 heterocycles. The molecule has 166 valence electrons. The van der Waals surface area contributed by atoms with E-state index in [0.29, 0.717) is 28.3 Å². The van der Waals surface area contributed by atoms with Gasteiger partial charge in [0.1, 0.15) is 5.76 Å². The van der Waals surface area contributed by atoms with E-state index in [4.69, 9.17) is 9.15 Å². The summed E-state index contributed by atoms with van der Waals surface area (Å²) in [4.78, 5) is 38.1. The molecule has 0 saturated carbocycles. The second kappa shape index (κ2) is 11.3. The first kappa shape index (κ1) is 23.3. The van der Waals surface area contributed by atoms with Gasteiger partial charge in [0, 0.05) is 10.5 Å². The number of nitrogens with one attached hydrogen (secondary N) is 1. The SMILES string of the molecule is CCc1ccc(C(=O)C(C)OC(=O)c2ccccc2SCC(=O)NCc2ccco2)cc1. The highest BCUT2D eigenvalue weighted by atomic mass is 32.2. The van der Waals surface area contributed by atoms with Crippen LogP contribution in [-0.2, 0) is 22.5 Å². The van der Waals surface area contributed by atoms with Crippen LogP contribution >= 0.6 is 11.8 Å². The van der Waals surface area contributed by atoms with Crippen molar-refractivity contribution >= 4 is 29.4 Å². The molecule has 0 bridgehead atoms. The minimum absolute atomic E-state index is 0.128. The van der Waals surface area contributed by atoms with E-state index in [1.54, 1.807) is 61.7 Å². The minimum atomic E-state index is -0.926. The van der Waals surface area contributed by atoms with Crippen molar-refractivity contribution in [3.05, 3.63) is 89.4 Å². The van der Waals surface area contributed by atoms with Gasteiger partial charge in [-0.3, -0.25) is 9.59 Å². The molecule has 1 atom stereocenters. The minimum Gasteiger partial charge on any atom is -0.467 e. The summed E-state index contributed by atoms with van der Waals surface area (Å²) in [6.07, 6.45) is 1.50. The molecule has 0 aliphatic heterocycles. The van der Waals surface area contributed by atoms with Gasteiger partial charge >= 0.3 is 5.97 Å². The smallest absolute Gasteiger partial charge is 0.339 e. The number of benzene rings is 2. The topological polar surface area (TPSA) is 85.6 Å². The Hall–Kier alpha value is -3.32. The molecule has 7 heteroatoms. The summed E-state index contributed by atoms with van der Waals surface area (Å²) in [5.74, 6) is -0.258. The van der Waals surface area contributed by atoms with E-state index in [-0.39, 0.29) is 17.4 Å². The first-order valence-electron chi connectivity index (χ1n) is 10.3. The Morgan fingerprint density at radius 1 is 1.03 bits per heavy atom. The van der Waals surface area contributed by atoms with Gasteiger partial charge in [-0.15, -0.1) is 11.8 Å². The number of carbonyl (C=O) groups is 3. The zero-order valence-corrected chi connectivity index (χ0v) is 18.8. The summed E-state index contributed by atoms with van der Waals surface area (Å²) in [7, 11) is 0. The van der Waals surface area contributed by atoms with Gasteiger partial charge in [0.15, 0.2) is 6.10 Å². The Balaban J connectivity index is 1.57. The van der Waals surface area contributed by atoms with Crippen LogP contribution in [0.2, 0.25) is 0 Å². The van der Waals surface area contributed by atoms with Crippen LogP contribution in [0.3, 0.4) is 0 Å². The average Bonchev–Trinajstić information content (AvgIpc) is 3.35. The maximum absolute atomic E-state index is 12.7. The number of furan rings is 1. The molecule has 1 aromatic heterocycles. The van der Waals surface area contributed by atoms with Crippen molar-refractivity contribution in [1.29, 1.82) is 0 Å². The summed E-state index contributed by atoms with van der Waals surface area (Å²) < 4.78 is 10.6. The highest BCUT2D eigenvalue weighted by molar-refractivity contribution is 8.00. The van der Waals surface area contributed by atoms with Crippen molar-refractivity contribution < 1.29 is 23.5 Å². The van der Waals surface area contributed by atoms with Crippen LogP contribution in [0.1, 0.15) is 45.9 Å². The molecule has 0 spiro atoms. The van der Waals surface area contributed by atoms with Gasteiger partial charge < -0.3 is 14.5 Å². The summed E-state index contributed by atoms with van der Waals surface area (Å²) in [5, 5.41) is 2.76. The number of ether oxygens (including phenoxy) is 1. The normalized spacial score (nSPS) is 11.6. The van der Waals surface area contributed by atoms with Gasteiger partial charge in [-0.05, 0) is 43.2 Å². The fraction of sp³-hybridized carbons (Fsp3) is 0.240. The number of amides is 1. The van der Waals surface area contributed by atoms with Gasteiger partial charge in [0.2, 0.25) is 11.7 Å². The zero-order valence-electron chi connectivity index (χ0n) is 18.0. The molecule has 1 amide bonds. The Labute approximate surface area is 191 Å². The molecule has 0 fully saturated rings. The van der Waals surface area contributed by atoms with Gasteiger partial charge in [-0.25, -0.2) is 4.79 Å². The standard InChI is InChI=1S/C25H25NO5S/c1-3-18-10-12-19(13-11-18)24(28)17(2)31-25(29)21-8-4-5-9-22(21)32-16-23(27)26-15-20-7-6-14-30-20/h4-14,17H,3,15-16H2,1-2H3,(H,26,27). The van der Waals surface area contributed by atoms with Crippen LogP contribution in [0.4, 0.5) is 0 Å². The van der Waals surface area contributed by atoms with E-state index >= 15 is 0 Å². The zero-order chi connectivity index (χ0) is 22.9. The molecule has 6 nitrogen and oxygen atoms in total. The van der Waals surface area contributed by atoms with Crippen LogP contribution < -0.4 is 5.32 Å². The van der Waals surface area contributed by atoms with Crippen molar-refractivity contribution in [1.82, 2.24) is 5.32 Å². The lowest BCUT2D eigenvalue weighted by molar-refractivity contribution is -0.118. The number of rotatable bonds is 10. The number of hydrogen-bond donors (Lipinski definition) is 1. The monoisotopic (exact) mass is 451 g/mol. The van der Waals surface area contributed by atoms with E-state index in [1.165, 1.54) is 11.8 Å². The van der Waals surface area contributed by atoms with E-state index in [1.807, 2.05) is 19.1 Å². The fourth-order valence-electron chi connectivity index (χ4n) is 2.97. The molecule has 1 N–H and O–H groups in total. The number of hydrogen-bond acceptors (Lipinski definition) is 6. The van der Waals surface area contributed by atoms with Crippen LogP contribution in [-0.4, -0.2) is 29.5 Å². The van der Waals surface area contributed by atoms with E-state index in [2.05, 4.69) is 5.32 Å². The largest absolute Gasteiger partial charge is 0.467 e. The fourth-order valence-corrected chi connectivity index (χ4v) is 3.84. The molecule has 3 rings (SSSR count). The lowest BCUT2D eigenvalue weighted by atomic mass is 10.0. The summed E-state index contributed by atoms with van der Waals surface area (Å²) >= 11 is 1.23. The Kier molecular flexibility index (Phi) is 8.27. The van der Waals surface area contributed by atoms with Crippen LogP contribution in [0.5, 0.6) is 0 Å². The van der Waals surface area contributed by atoms with Crippen molar-refractivity contribution in [3.63, 3.8) is 0 Å². The lowest BCUT2D eigenvalue weighted by Crippen LogP contribution is -2.25. The third-order valence-electron chi connectivity index (χ3n) is 4.81. The Bertz CT molecular complexity index is 1060. The van der Waals surface area contributed by atoms with Crippen molar-refractivity contribution in [2.45, 2.75) is 37.8 Å². The Morgan fingerprint density at radius 3 is 2.47 bits per heavy atom. The molecule has 0 aliphatic carbocycles. The number of Topliss-reactive ketones (excluding diaryl/α,β-unsaturated/α-hetero) is 1. The highest BCUT2D eigenvalue weighted by Gasteiger charge is 2.22. The maximum Gasteiger partial charge on any atom is 0.339 e. The Morgan fingerprint density at radius 2 is 1.78 bits per heavy atom. The van der Waals surface area contributed by atoms with E-state index in [9.17, 15) is 14.4 Å². The molecular weight excluding hydrogens is 426 g/mol. The van der Waals surface area contributed by atoms with E-state index < -0.39 is 12.1 Å². The van der Waals surface area contributed by atoms with Gasteiger partial charge in [0.05, 0.1) is 24.1 Å². The molecule has 32 heavy (non-hydrogen) atoms. The lowest BCUT2D eigenvalue weighted by Gasteiger charge is -2.14. The van der Waals surface area contributed by atoms with Crippen LogP contribution in [0, 0.1) is 0 Å². The summed E-state index contributed by atoms with van der Waals surface area (Å²) in [6.45, 7) is 3.90. The second-order valence-corrected chi connectivity index (χ2v) is 8.12. The van der Waals surface area contributed by atoms with Crippen molar-refractivity contribution in [3.8, 4) is 0 Å². The first-order chi connectivity index (χ1) is 15.5. The molecular formula is C25H25NO5S. The van der Waals surface area contributed by atoms with Gasteiger partial charge in [0.25, 0.3) is 0 Å². The first-order valence-corrected chi connectivity index (χ1v) is 11.3. The molecule has 2 aromatic carbocycles. The van der Waals surface area contributed by atoms with Gasteiger partial charge in [-0.2, -0.15) is 0 Å². The summed E-state index contributed by atoms with van der Waals surface area (Å²) in [5.41, 5.74) is 1.95. The summed E-state index contributed by atoms with van der Waals surface area (Å²) in [6, 6.07) is 17.7. The molecule has 3 aromatic rings. The van der Waals surface area contributed by atoms with E-state index in [0.717, 1.165) is 12.0 Å². The number of thioether (sulfide) groups is 1. The maximum atomic E-state index is 12.7. The number of carbonyl (C=O) groups excluding carboxylic acids is 3. The molecule has 0 saturated heterocycles. The van der Waals surface area contributed by atoms with Gasteiger partial charge in [-0.1, -0.05) is 43.3 Å². The van der Waals surface area contributed by atoms with Crippen LogP contribution in [0.15, 0.2) is 76.2 Å². The number of ketones is 1. The van der Waals surface area contributed by atoms with Crippen molar-refractivity contribution in [2.75, 3.05) is 5.75 Å². The number of aryl methyl sites for hydroxylation is 1. The van der Waals surface area contributed by atoms with Crippen molar-refractivity contribution in [2.24, 2.45) is 0 Å².